The number of benzene rings is 2. The molecule has 5 heteroatoms. The van der Waals surface area contributed by atoms with Crippen molar-refractivity contribution in [1.29, 1.82) is 5.26 Å². The number of carbonyl (C=O) groups is 1. The van der Waals surface area contributed by atoms with Crippen LogP contribution in [0.5, 0.6) is 0 Å². The lowest BCUT2D eigenvalue weighted by Gasteiger charge is -2.10. The zero-order valence-corrected chi connectivity index (χ0v) is 11.6. The Morgan fingerprint density at radius 1 is 1.15 bits per heavy atom. The monoisotopic (exact) mass is 307 g/mol. The molecule has 0 aromatic heterocycles. The molecule has 100 valence electrons. The van der Waals surface area contributed by atoms with E-state index in [0.717, 1.165) is 6.07 Å². The fourth-order valence-electron chi connectivity index (χ4n) is 1.79. The normalized spacial score (nSPS) is 11.7. The number of ketones is 1. The Morgan fingerprint density at radius 3 is 2.40 bits per heavy atom. The molecule has 0 saturated heterocycles. The Hall–Kier alpha value is -1.89. The molecule has 2 nitrogen and oxygen atoms in total. The Kier molecular flexibility index (Phi) is 4.39. The molecule has 0 fully saturated rings. The Morgan fingerprint density at radius 2 is 1.80 bits per heavy atom. The number of nitriles is 1. The van der Waals surface area contributed by atoms with Gasteiger partial charge in [0.25, 0.3) is 0 Å². The fourth-order valence-corrected chi connectivity index (χ4v) is 2.13. The molecule has 0 heterocycles. The fraction of sp³-hybridized carbons (Fsp3) is 0.0667. The van der Waals surface area contributed by atoms with Crippen molar-refractivity contribution in [2.45, 2.75) is 5.92 Å². The van der Waals surface area contributed by atoms with Crippen LogP contribution in [0.4, 0.5) is 4.39 Å². The largest absolute Gasteiger partial charge is 0.292 e. The van der Waals surface area contributed by atoms with Crippen molar-refractivity contribution in [2.24, 2.45) is 0 Å². The number of hydrogen-bond donors (Lipinski definition) is 0. The van der Waals surface area contributed by atoms with Crippen molar-refractivity contribution < 1.29 is 9.18 Å². The predicted molar refractivity (Wildman–Crippen MR) is 75.5 cm³/mol. The molecule has 2 aromatic rings. The van der Waals surface area contributed by atoms with Gasteiger partial charge >= 0.3 is 0 Å². The molecule has 0 aliphatic rings. The van der Waals surface area contributed by atoms with Crippen molar-refractivity contribution in [3.05, 3.63) is 69.5 Å². The quantitative estimate of drug-likeness (QED) is 0.776. The van der Waals surface area contributed by atoms with E-state index < -0.39 is 17.5 Å². The van der Waals surface area contributed by atoms with Crippen molar-refractivity contribution in [3.63, 3.8) is 0 Å². The molecule has 20 heavy (non-hydrogen) atoms. The second-order valence-electron chi connectivity index (χ2n) is 4.08. The smallest absolute Gasteiger partial charge is 0.186 e. The van der Waals surface area contributed by atoms with E-state index in [0.29, 0.717) is 10.6 Å². The molecular weight excluding hydrogens is 300 g/mol. The zero-order valence-electron chi connectivity index (χ0n) is 10.1. The third kappa shape index (κ3) is 2.82. The Bertz CT molecular complexity index is 692. The number of rotatable bonds is 3. The van der Waals surface area contributed by atoms with Crippen LogP contribution in [0.1, 0.15) is 21.8 Å². The minimum Gasteiger partial charge on any atom is -0.292 e. The standard InChI is InChI=1S/C15H8Cl2FNO/c16-10-6-4-9(5-7-10)12(8-19)15(20)11-2-1-3-13(18)14(11)17/h1-7,12H. The van der Waals surface area contributed by atoms with Gasteiger partial charge in [-0.15, -0.1) is 0 Å². The third-order valence-corrected chi connectivity index (χ3v) is 3.45. The van der Waals surface area contributed by atoms with Gasteiger partial charge in [0.1, 0.15) is 11.7 Å². The minimum absolute atomic E-state index is 0.00633. The van der Waals surface area contributed by atoms with E-state index in [4.69, 9.17) is 23.2 Å². The molecule has 0 amide bonds. The van der Waals surface area contributed by atoms with Gasteiger partial charge in [-0.3, -0.25) is 4.79 Å². The highest BCUT2D eigenvalue weighted by Gasteiger charge is 2.24. The SMILES string of the molecule is N#CC(C(=O)c1cccc(F)c1Cl)c1ccc(Cl)cc1. The van der Waals surface area contributed by atoms with E-state index in [-0.39, 0.29) is 10.6 Å². The molecule has 0 aliphatic heterocycles. The van der Waals surface area contributed by atoms with Gasteiger partial charge in [0, 0.05) is 10.6 Å². The van der Waals surface area contributed by atoms with Crippen molar-refractivity contribution in [2.75, 3.05) is 0 Å². The minimum atomic E-state index is -1.05. The number of halogens is 3. The van der Waals surface area contributed by atoms with Gasteiger partial charge in [0.15, 0.2) is 5.78 Å². The summed E-state index contributed by atoms with van der Waals surface area (Å²) in [5, 5.41) is 9.43. The van der Waals surface area contributed by atoms with Crippen molar-refractivity contribution >= 4 is 29.0 Å². The van der Waals surface area contributed by atoms with Crippen LogP contribution in [0.15, 0.2) is 42.5 Å². The molecule has 0 aliphatic carbocycles. The van der Waals surface area contributed by atoms with E-state index in [1.807, 2.05) is 6.07 Å². The first-order valence-electron chi connectivity index (χ1n) is 5.68. The zero-order chi connectivity index (χ0) is 14.7. The van der Waals surface area contributed by atoms with E-state index in [9.17, 15) is 14.4 Å². The van der Waals surface area contributed by atoms with E-state index in [2.05, 4.69) is 0 Å². The highest BCUT2D eigenvalue weighted by molar-refractivity contribution is 6.34. The van der Waals surface area contributed by atoms with Crippen LogP contribution in [0.25, 0.3) is 0 Å². The van der Waals surface area contributed by atoms with Crippen molar-refractivity contribution in [1.82, 2.24) is 0 Å². The first-order valence-corrected chi connectivity index (χ1v) is 6.43. The number of Topliss-reactive ketones (excluding diaryl/α,β-unsaturated/α-hetero) is 1. The summed E-state index contributed by atoms with van der Waals surface area (Å²) in [7, 11) is 0. The van der Waals surface area contributed by atoms with Crippen LogP contribution in [0, 0.1) is 17.1 Å². The number of carbonyl (C=O) groups excluding carboxylic acids is 1. The number of hydrogen-bond acceptors (Lipinski definition) is 2. The second-order valence-corrected chi connectivity index (χ2v) is 4.89. The average Bonchev–Trinajstić information content (AvgIpc) is 2.44. The molecule has 0 bridgehead atoms. The lowest BCUT2D eigenvalue weighted by atomic mass is 9.92. The molecule has 1 unspecified atom stereocenters. The van der Waals surface area contributed by atoms with E-state index in [1.165, 1.54) is 12.1 Å². The molecule has 0 spiro atoms. The molecule has 2 rings (SSSR count). The molecule has 0 N–H and O–H groups in total. The average molecular weight is 308 g/mol. The van der Waals surface area contributed by atoms with Gasteiger partial charge in [-0.05, 0) is 29.8 Å². The lowest BCUT2D eigenvalue weighted by Crippen LogP contribution is -2.12. The summed E-state index contributed by atoms with van der Waals surface area (Å²) in [6.45, 7) is 0. The maximum Gasteiger partial charge on any atom is 0.186 e. The van der Waals surface area contributed by atoms with Gasteiger partial charge in [-0.2, -0.15) is 5.26 Å². The maximum atomic E-state index is 13.4. The summed E-state index contributed by atoms with van der Waals surface area (Å²) in [5.74, 6) is -2.28. The summed E-state index contributed by atoms with van der Waals surface area (Å²) in [4.78, 5) is 12.3. The highest BCUT2D eigenvalue weighted by Crippen LogP contribution is 2.27. The predicted octanol–water partition coefficient (Wildman–Crippen LogP) is 4.62. The third-order valence-electron chi connectivity index (χ3n) is 2.81. The molecule has 0 saturated carbocycles. The van der Waals surface area contributed by atoms with Gasteiger partial charge < -0.3 is 0 Å². The summed E-state index contributed by atoms with van der Waals surface area (Å²) < 4.78 is 13.4. The molecule has 1 atom stereocenters. The van der Waals surface area contributed by atoms with E-state index >= 15 is 0 Å². The van der Waals surface area contributed by atoms with Gasteiger partial charge in [-0.25, -0.2) is 4.39 Å². The molecular formula is C15H8Cl2FNO. The molecule has 0 radical (unpaired) electrons. The first kappa shape index (κ1) is 14.5. The Balaban J connectivity index is 2.42. The van der Waals surface area contributed by atoms with Gasteiger partial charge in [-0.1, -0.05) is 41.4 Å². The van der Waals surface area contributed by atoms with Crippen LogP contribution in [-0.2, 0) is 0 Å². The summed E-state index contributed by atoms with van der Waals surface area (Å²) in [6.07, 6.45) is 0. The summed E-state index contributed by atoms with van der Waals surface area (Å²) >= 11 is 11.5. The number of nitrogens with zero attached hydrogens (tertiary/aromatic N) is 1. The van der Waals surface area contributed by atoms with Crippen LogP contribution in [-0.4, -0.2) is 5.78 Å². The van der Waals surface area contributed by atoms with E-state index in [1.54, 1.807) is 24.3 Å². The lowest BCUT2D eigenvalue weighted by molar-refractivity contribution is 0.0978. The van der Waals surface area contributed by atoms with Crippen molar-refractivity contribution in [3.8, 4) is 6.07 Å². The van der Waals surface area contributed by atoms with Gasteiger partial charge in [0.2, 0.25) is 0 Å². The van der Waals surface area contributed by atoms with Crippen LogP contribution in [0.3, 0.4) is 0 Å². The first-order chi connectivity index (χ1) is 9.54. The van der Waals surface area contributed by atoms with Crippen LogP contribution >= 0.6 is 23.2 Å². The molecule has 2 aromatic carbocycles. The van der Waals surface area contributed by atoms with Gasteiger partial charge in [0.05, 0.1) is 11.1 Å². The maximum absolute atomic E-state index is 13.4. The Labute approximate surface area is 125 Å². The van der Waals surface area contributed by atoms with Crippen LogP contribution < -0.4 is 0 Å². The topological polar surface area (TPSA) is 40.9 Å². The second kappa shape index (κ2) is 6.04. The van der Waals surface area contributed by atoms with Crippen LogP contribution in [0.2, 0.25) is 10.0 Å². The highest BCUT2D eigenvalue weighted by atomic mass is 35.5. The summed E-state index contributed by atoms with van der Waals surface area (Å²) in [5.41, 5.74) is 0.482. The summed E-state index contributed by atoms with van der Waals surface area (Å²) in [6, 6.07) is 12.2.